The zero-order valence-corrected chi connectivity index (χ0v) is 17.8. The second kappa shape index (κ2) is 8.43. The summed E-state index contributed by atoms with van der Waals surface area (Å²) < 4.78 is 18.3. The summed E-state index contributed by atoms with van der Waals surface area (Å²) in [5.74, 6) is 2.03. The molecule has 1 aromatic carbocycles. The second-order valence-corrected chi connectivity index (χ2v) is 7.90. The Hall–Kier alpha value is -3.32. The smallest absolute Gasteiger partial charge is 0.161 e. The van der Waals surface area contributed by atoms with Gasteiger partial charge in [0.15, 0.2) is 11.5 Å². The number of aromatic amines is 1. The Balaban J connectivity index is 1.46. The van der Waals surface area contributed by atoms with Crippen molar-refractivity contribution < 1.29 is 14.2 Å². The Morgan fingerprint density at radius 3 is 2.68 bits per heavy atom. The summed E-state index contributed by atoms with van der Waals surface area (Å²) in [5.41, 5.74) is 5.09. The Kier molecular flexibility index (Phi) is 5.34. The molecule has 7 heteroatoms. The van der Waals surface area contributed by atoms with Gasteiger partial charge in [0, 0.05) is 60.4 Å². The summed E-state index contributed by atoms with van der Waals surface area (Å²) in [4.78, 5) is 7.92. The lowest BCUT2D eigenvalue weighted by atomic mass is 10.0. The minimum Gasteiger partial charge on any atom is -0.493 e. The van der Waals surface area contributed by atoms with E-state index in [1.54, 1.807) is 14.2 Å². The standard InChI is InChI=1S/C24H26N4O3/c1-29-22-4-3-17(10-23(22)30-2)18-9-20-21(13-26-24(20)25-11-18)19-12-27-28(15-19)14-16-5-7-31-8-6-16/h3-4,9-13,15-16H,5-8,14H2,1-2H3,(H,25,26). The molecule has 0 spiro atoms. The number of nitrogens with one attached hydrogen (secondary N) is 1. The van der Waals surface area contributed by atoms with Crippen molar-refractivity contribution in [2.75, 3.05) is 27.4 Å². The molecule has 1 saturated heterocycles. The molecule has 0 unspecified atom stereocenters. The quantitative estimate of drug-likeness (QED) is 0.498. The topological polar surface area (TPSA) is 74.2 Å². The van der Waals surface area contributed by atoms with Gasteiger partial charge in [-0.2, -0.15) is 5.10 Å². The molecular formula is C24H26N4O3. The van der Waals surface area contributed by atoms with Crippen LogP contribution in [-0.2, 0) is 11.3 Å². The Bertz CT molecular complexity index is 1190. The van der Waals surface area contributed by atoms with E-state index in [1.165, 1.54) is 0 Å². The molecule has 0 bridgehead atoms. The van der Waals surface area contributed by atoms with Gasteiger partial charge in [-0.3, -0.25) is 4.68 Å². The molecule has 0 aliphatic carbocycles. The number of H-pyrrole nitrogens is 1. The average Bonchev–Trinajstić information content (AvgIpc) is 3.45. The second-order valence-electron chi connectivity index (χ2n) is 7.90. The summed E-state index contributed by atoms with van der Waals surface area (Å²) in [6, 6.07) is 8.06. The number of ether oxygens (including phenoxy) is 3. The lowest BCUT2D eigenvalue weighted by Crippen LogP contribution is -2.20. The van der Waals surface area contributed by atoms with Crippen LogP contribution in [0.3, 0.4) is 0 Å². The van der Waals surface area contributed by atoms with Gasteiger partial charge >= 0.3 is 0 Å². The third-order valence-corrected chi connectivity index (χ3v) is 5.98. The minimum absolute atomic E-state index is 0.628. The first-order valence-corrected chi connectivity index (χ1v) is 10.6. The molecule has 7 nitrogen and oxygen atoms in total. The van der Waals surface area contributed by atoms with Crippen LogP contribution in [0.25, 0.3) is 33.3 Å². The summed E-state index contributed by atoms with van der Waals surface area (Å²) in [6.07, 6.45) is 10.1. The van der Waals surface area contributed by atoms with Crippen LogP contribution in [0.2, 0.25) is 0 Å². The highest BCUT2D eigenvalue weighted by Crippen LogP contribution is 2.35. The van der Waals surface area contributed by atoms with Gasteiger partial charge in [0.25, 0.3) is 0 Å². The number of fused-ring (bicyclic) bond motifs is 1. The fourth-order valence-corrected chi connectivity index (χ4v) is 4.21. The van der Waals surface area contributed by atoms with Crippen LogP contribution in [-0.4, -0.2) is 47.2 Å². The number of methoxy groups -OCH3 is 2. The number of hydrogen-bond donors (Lipinski definition) is 1. The third-order valence-electron chi connectivity index (χ3n) is 5.98. The van der Waals surface area contributed by atoms with Crippen molar-refractivity contribution in [2.45, 2.75) is 19.4 Å². The van der Waals surface area contributed by atoms with E-state index in [-0.39, 0.29) is 0 Å². The lowest BCUT2D eigenvalue weighted by Gasteiger charge is -2.21. The normalized spacial score (nSPS) is 14.8. The zero-order chi connectivity index (χ0) is 21.2. The molecule has 31 heavy (non-hydrogen) atoms. The van der Waals surface area contributed by atoms with Crippen LogP contribution in [0.15, 0.2) is 49.1 Å². The number of pyridine rings is 1. The molecule has 3 aromatic heterocycles. The van der Waals surface area contributed by atoms with Crippen LogP contribution >= 0.6 is 0 Å². The van der Waals surface area contributed by atoms with Crippen molar-refractivity contribution in [2.24, 2.45) is 5.92 Å². The molecule has 4 heterocycles. The average molecular weight is 418 g/mol. The number of hydrogen-bond acceptors (Lipinski definition) is 5. The van der Waals surface area contributed by atoms with Gasteiger partial charge in [-0.15, -0.1) is 0 Å². The number of nitrogens with zero attached hydrogens (tertiary/aromatic N) is 3. The van der Waals surface area contributed by atoms with Gasteiger partial charge in [-0.05, 0) is 42.5 Å². The van der Waals surface area contributed by atoms with E-state index in [9.17, 15) is 0 Å². The molecule has 5 rings (SSSR count). The molecule has 4 aromatic rings. The zero-order valence-electron chi connectivity index (χ0n) is 17.8. The fourth-order valence-electron chi connectivity index (χ4n) is 4.21. The van der Waals surface area contributed by atoms with Crippen LogP contribution < -0.4 is 9.47 Å². The van der Waals surface area contributed by atoms with Gasteiger partial charge < -0.3 is 19.2 Å². The summed E-state index contributed by atoms with van der Waals surface area (Å²) in [6.45, 7) is 2.64. The van der Waals surface area contributed by atoms with E-state index in [0.717, 1.165) is 65.9 Å². The fraction of sp³-hybridized carbons (Fsp3) is 0.333. The third kappa shape index (κ3) is 3.88. The summed E-state index contributed by atoms with van der Waals surface area (Å²) >= 11 is 0. The molecule has 1 N–H and O–H groups in total. The van der Waals surface area contributed by atoms with E-state index in [0.29, 0.717) is 17.4 Å². The highest BCUT2D eigenvalue weighted by molar-refractivity contribution is 5.95. The number of benzene rings is 1. The van der Waals surface area contributed by atoms with Crippen LogP contribution in [0, 0.1) is 5.92 Å². The first-order chi connectivity index (χ1) is 15.2. The SMILES string of the molecule is COc1ccc(-c2cnc3[nH]cc(-c4cnn(CC5CCOCC5)c4)c3c2)cc1OC. The first kappa shape index (κ1) is 19.6. The number of aromatic nitrogens is 4. The van der Waals surface area contributed by atoms with Crippen LogP contribution in [0.4, 0.5) is 0 Å². The van der Waals surface area contributed by atoms with Crippen molar-refractivity contribution in [1.82, 2.24) is 19.7 Å². The maximum absolute atomic E-state index is 5.47. The molecular weight excluding hydrogens is 392 g/mol. The van der Waals surface area contributed by atoms with Gasteiger partial charge in [-0.25, -0.2) is 4.98 Å². The van der Waals surface area contributed by atoms with E-state index in [4.69, 9.17) is 14.2 Å². The van der Waals surface area contributed by atoms with Crippen LogP contribution in [0.1, 0.15) is 12.8 Å². The van der Waals surface area contributed by atoms with Crippen molar-refractivity contribution in [3.8, 4) is 33.8 Å². The largest absolute Gasteiger partial charge is 0.493 e. The molecule has 1 aliphatic rings. The molecule has 0 amide bonds. The molecule has 0 radical (unpaired) electrons. The van der Waals surface area contributed by atoms with Gasteiger partial charge in [0.05, 0.1) is 20.4 Å². The molecule has 1 aliphatic heterocycles. The van der Waals surface area contributed by atoms with Crippen molar-refractivity contribution >= 4 is 11.0 Å². The minimum atomic E-state index is 0.628. The molecule has 0 atom stereocenters. The Morgan fingerprint density at radius 2 is 1.87 bits per heavy atom. The Labute approximate surface area is 181 Å². The predicted molar refractivity (Wildman–Crippen MR) is 119 cm³/mol. The van der Waals surface area contributed by atoms with Gasteiger partial charge in [0.1, 0.15) is 5.65 Å². The maximum Gasteiger partial charge on any atom is 0.161 e. The summed E-state index contributed by atoms with van der Waals surface area (Å²) in [7, 11) is 3.28. The first-order valence-electron chi connectivity index (χ1n) is 10.6. The molecule has 1 fully saturated rings. The van der Waals surface area contributed by atoms with Crippen molar-refractivity contribution in [3.63, 3.8) is 0 Å². The van der Waals surface area contributed by atoms with E-state index in [1.807, 2.05) is 36.8 Å². The lowest BCUT2D eigenvalue weighted by molar-refractivity contribution is 0.0601. The van der Waals surface area contributed by atoms with Crippen molar-refractivity contribution in [3.05, 3.63) is 49.1 Å². The highest BCUT2D eigenvalue weighted by atomic mass is 16.5. The molecule has 0 saturated carbocycles. The molecule has 160 valence electrons. The van der Waals surface area contributed by atoms with E-state index >= 15 is 0 Å². The van der Waals surface area contributed by atoms with Crippen LogP contribution in [0.5, 0.6) is 11.5 Å². The highest BCUT2D eigenvalue weighted by Gasteiger charge is 2.16. The van der Waals surface area contributed by atoms with Crippen molar-refractivity contribution in [1.29, 1.82) is 0 Å². The number of rotatable bonds is 6. The maximum atomic E-state index is 5.47. The van der Waals surface area contributed by atoms with Gasteiger partial charge in [-0.1, -0.05) is 6.07 Å². The predicted octanol–water partition coefficient (Wildman–Crippen LogP) is 4.54. The summed E-state index contributed by atoms with van der Waals surface area (Å²) in [5, 5.41) is 5.67. The van der Waals surface area contributed by atoms with E-state index in [2.05, 4.69) is 32.0 Å². The Morgan fingerprint density at radius 1 is 1.03 bits per heavy atom. The van der Waals surface area contributed by atoms with E-state index < -0.39 is 0 Å². The van der Waals surface area contributed by atoms with Gasteiger partial charge in [0.2, 0.25) is 0 Å². The monoisotopic (exact) mass is 418 g/mol.